The molecule has 21 heavy (non-hydrogen) atoms. The zero-order valence-electron chi connectivity index (χ0n) is 11.8. The summed E-state index contributed by atoms with van der Waals surface area (Å²) in [5.41, 5.74) is 2.25. The molecule has 1 N–H and O–H groups in total. The molecule has 2 rings (SSSR count). The molecular formula is C16H19Cl2NOS. The van der Waals surface area contributed by atoms with Gasteiger partial charge in [-0.25, -0.2) is 0 Å². The Bertz CT molecular complexity index is 511. The summed E-state index contributed by atoms with van der Waals surface area (Å²) in [6.45, 7) is 0.687. The minimum Gasteiger partial charge on any atom is -0.352 e. The van der Waals surface area contributed by atoms with Crippen molar-refractivity contribution in [3.05, 3.63) is 45.5 Å². The number of allylic oxidation sites excluding steroid dienone is 1. The van der Waals surface area contributed by atoms with Crippen molar-refractivity contribution in [1.29, 1.82) is 0 Å². The van der Waals surface area contributed by atoms with Crippen molar-refractivity contribution in [3.8, 4) is 0 Å². The maximum Gasteiger partial charge on any atom is 0.230 e. The van der Waals surface area contributed by atoms with Crippen molar-refractivity contribution in [3.63, 3.8) is 0 Å². The fraction of sp³-hybridized carbons (Fsp3) is 0.438. The second-order valence-electron chi connectivity index (χ2n) is 5.08. The first kappa shape index (κ1) is 16.7. The van der Waals surface area contributed by atoms with Gasteiger partial charge in [-0.2, -0.15) is 0 Å². The van der Waals surface area contributed by atoms with Gasteiger partial charge in [-0.3, -0.25) is 4.79 Å². The molecule has 0 saturated carbocycles. The third kappa shape index (κ3) is 5.57. The number of nitrogens with one attached hydrogen (secondary N) is 1. The summed E-state index contributed by atoms with van der Waals surface area (Å²) in [5.74, 6) is 1.14. The van der Waals surface area contributed by atoms with Gasteiger partial charge in [-0.1, -0.05) is 40.9 Å². The molecule has 0 atom stereocenters. The van der Waals surface area contributed by atoms with Crippen LogP contribution in [0.5, 0.6) is 0 Å². The van der Waals surface area contributed by atoms with Crippen LogP contribution in [0.1, 0.15) is 31.2 Å². The molecule has 2 nitrogen and oxygen atoms in total. The van der Waals surface area contributed by atoms with E-state index in [-0.39, 0.29) is 5.91 Å². The van der Waals surface area contributed by atoms with Gasteiger partial charge in [0.2, 0.25) is 5.91 Å². The molecule has 5 heteroatoms. The first-order valence-electron chi connectivity index (χ1n) is 7.12. The van der Waals surface area contributed by atoms with Gasteiger partial charge in [-0.05, 0) is 43.4 Å². The third-order valence-electron chi connectivity index (χ3n) is 3.44. The predicted octanol–water partition coefficient (Wildman–Crippen LogP) is 4.84. The molecule has 0 radical (unpaired) electrons. The number of carbonyl (C=O) groups excluding carboxylic acids is 1. The number of benzene rings is 1. The van der Waals surface area contributed by atoms with Crippen molar-refractivity contribution < 1.29 is 4.79 Å². The van der Waals surface area contributed by atoms with Crippen LogP contribution in [0.25, 0.3) is 0 Å². The lowest BCUT2D eigenvalue weighted by molar-refractivity contribution is -0.118. The molecule has 1 aromatic rings. The van der Waals surface area contributed by atoms with E-state index in [0.29, 0.717) is 28.1 Å². The smallest absolute Gasteiger partial charge is 0.230 e. The van der Waals surface area contributed by atoms with Crippen molar-refractivity contribution in [2.24, 2.45) is 0 Å². The van der Waals surface area contributed by atoms with Crippen LogP contribution < -0.4 is 5.32 Å². The summed E-state index contributed by atoms with van der Waals surface area (Å²) in [6.07, 6.45) is 7.02. The fourth-order valence-electron chi connectivity index (χ4n) is 2.24. The van der Waals surface area contributed by atoms with E-state index in [4.69, 9.17) is 23.2 Å². The lowest BCUT2D eigenvalue weighted by atomic mass is 10.00. The Morgan fingerprint density at radius 2 is 2.00 bits per heavy atom. The Hall–Kier alpha value is -0.640. The number of hydrogen-bond acceptors (Lipinski definition) is 2. The van der Waals surface area contributed by atoms with Crippen LogP contribution in [-0.4, -0.2) is 18.2 Å². The van der Waals surface area contributed by atoms with E-state index in [0.717, 1.165) is 18.4 Å². The molecule has 0 spiro atoms. The highest BCUT2D eigenvalue weighted by molar-refractivity contribution is 7.99. The molecule has 0 aromatic heterocycles. The first-order chi connectivity index (χ1) is 10.2. The average molecular weight is 344 g/mol. The zero-order chi connectivity index (χ0) is 15.1. The minimum absolute atomic E-state index is 0.0645. The highest BCUT2D eigenvalue weighted by Crippen LogP contribution is 2.28. The summed E-state index contributed by atoms with van der Waals surface area (Å²) in [5, 5.41) is 4.28. The Labute approximate surface area is 140 Å². The van der Waals surface area contributed by atoms with Crippen LogP contribution in [0.15, 0.2) is 29.8 Å². The van der Waals surface area contributed by atoms with Crippen LogP contribution in [0, 0.1) is 0 Å². The molecule has 0 unspecified atom stereocenters. The van der Waals surface area contributed by atoms with E-state index in [9.17, 15) is 4.79 Å². The molecule has 0 aliphatic heterocycles. The number of amides is 1. The van der Waals surface area contributed by atoms with E-state index in [1.165, 1.54) is 30.2 Å². The van der Waals surface area contributed by atoms with E-state index in [1.54, 1.807) is 0 Å². The van der Waals surface area contributed by atoms with Crippen LogP contribution in [0.2, 0.25) is 10.0 Å². The van der Waals surface area contributed by atoms with Gasteiger partial charge in [0.25, 0.3) is 0 Å². The van der Waals surface area contributed by atoms with Gasteiger partial charge >= 0.3 is 0 Å². The Balaban J connectivity index is 1.70. The monoisotopic (exact) mass is 343 g/mol. The van der Waals surface area contributed by atoms with Crippen LogP contribution in [0.4, 0.5) is 0 Å². The summed E-state index contributed by atoms with van der Waals surface area (Å²) in [6, 6.07) is 5.46. The summed E-state index contributed by atoms with van der Waals surface area (Å²) in [4.78, 5) is 11.8. The summed E-state index contributed by atoms with van der Waals surface area (Å²) in [7, 11) is 0. The van der Waals surface area contributed by atoms with E-state index < -0.39 is 0 Å². The van der Waals surface area contributed by atoms with Gasteiger partial charge in [0.1, 0.15) is 0 Å². The van der Waals surface area contributed by atoms with Crippen LogP contribution >= 0.6 is 35.0 Å². The molecule has 1 aliphatic carbocycles. The molecule has 0 fully saturated rings. The first-order valence-corrected chi connectivity index (χ1v) is 9.03. The highest BCUT2D eigenvalue weighted by atomic mass is 35.5. The fourth-order valence-corrected chi connectivity index (χ4v) is 3.84. The maximum atomic E-state index is 11.8. The van der Waals surface area contributed by atoms with E-state index in [2.05, 4.69) is 11.4 Å². The topological polar surface area (TPSA) is 29.1 Å². The van der Waals surface area contributed by atoms with Gasteiger partial charge in [0, 0.05) is 22.3 Å². The average Bonchev–Trinajstić information content (AvgIpc) is 2.49. The number of rotatable bonds is 6. The van der Waals surface area contributed by atoms with E-state index >= 15 is 0 Å². The minimum atomic E-state index is 0.0645. The molecule has 0 bridgehead atoms. The highest BCUT2D eigenvalue weighted by Gasteiger charge is 2.09. The molecule has 0 heterocycles. The Morgan fingerprint density at radius 3 is 2.67 bits per heavy atom. The number of thioether (sulfide) groups is 1. The van der Waals surface area contributed by atoms with Crippen molar-refractivity contribution in [1.82, 2.24) is 5.32 Å². The number of carbonyl (C=O) groups is 1. The molecule has 1 aromatic carbocycles. The lowest BCUT2D eigenvalue weighted by Crippen LogP contribution is -2.27. The van der Waals surface area contributed by atoms with E-state index in [1.807, 2.05) is 18.2 Å². The summed E-state index contributed by atoms with van der Waals surface area (Å²) >= 11 is 13.7. The normalized spacial score (nSPS) is 14.7. The van der Waals surface area contributed by atoms with Gasteiger partial charge in [-0.15, -0.1) is 11.8 Å². The maximum absolute atomic E-state index is 11.8. The number of halogens is 2. The quantitative estimate of drug-likeness (QED) is 0.748. The zero-order valence-corrected chi connectivity index (χ0v) is 14.2. The van der Waals surface area contributed by atoms with Crippen LogP contribution in [0.3, 0.4) is 0 Å². The second kappa shape index (κ2) is 8.72. The van der Waals surface area contributed by atoms with Gasteiger partial charge in [0.05, 0.1) is 5.75 Å². The van der Waals surface area contributed by atoms with Crippen LogP contribution in [-0.2, 0) is 10.5 Å². The van der Waals surface area contributed by atoms with Gasteiger partial charge < -0.3 is 5.32 Å². The molecular weight excluding hydrogens is 325 g/mol. The largest absolute Gasteiger partial charge is 0.352 e. The van der Waals surface area contributed by atoms with Crippen molar-refractivity contribution in [2.75, 3.05) is 12.3 Å². The second-order valence-corrected chi connectivity index (χ2v) is 6.88. The standard InChI is InChI=1S/C16H19Cl2NOS/c17-14-7-4-8-15(18)13(14)10-21-11-16(20)19-9-12-5-2-1-3-6-12/h4-5,7-8H,1-3,6,9-11H2,(H,19,20). The summed E-state index contributed by atoms with van der Waals surface area (Å²) < 4.78 is 0. The molecule has 1 aliphatic rings. The SMILES string of the molecule is O=C(CSCc1c(Cl)cccc1Cl)NCC1=CCCCC1. The predicted molar refractivity (Wildman–Crippen MR) is 92.2 cm³/mol. The number of hydrogen-bond donors (Lipinski definition) is 1. The molecule has 1 amide bonds. The Morgan fingerprint density at radius 1 is 1.24 bits per heavy atom. The van der Waals surface area contributed by atoms with Gasteiger partial charge in [0.15, 0.2) is 0 Å². The van der Waals surface area contributed by atoms with Crippen molar-refractivity contribution in [2.45, 2.75) is 31.4 Å². The Kier molecular flexibility index (Phi) is 6.94. The molecule has 0 saturated heterocycles. The molecule has 114 valence electrons. The third-order valence-corrected chi connectivity index (χ3v) is 5.11. The van der Waals surface area contributed by atoms with Crippen molar-refractivity contribution >= 4 is 40.9 Å². The lowest BCUT2D eigenvalue weighted by Gasteiger charge is -2.13.